The van der Waals surface area contributed by atoms with Crippen LogP contribution in [0.5, 0.6) is 5.75 Å². The van der Waals surface area contributed by atoms with E-state index in [1.54, 1.807) is 18.2 Å². The second kappa shape index (κ2) is 4.23. The van der Waals surface area contributed by atoms with Gasteiger partial charge in [0.2, 0.25) is 0 Å². The standard InChI is InChI=1S/C12H7BFN2O2/c14-9-3-5-15-11-7(9)1-2-8-10(18-13-17)4-6-16-12(8)11/h1-6,17H. The predicted molar refractivity (Wildman–Crippen MR) is 65.6 cm³/mol. The Morgan fingerprint density at radius 3 is 2.44 bits per heavy atom. The average Bonchev–Trinajstić information content (AvgIpc) is 2.40. The largest absolute Gasteiger partial charge is 0.569 e. The van der Waals surface area contributed by atoms with Crippen molar-refractivity contribution < 1.29 is 14.1 Å². The number of nitrogens with zero attached hydrogens (tertiary/aromatic N) is 2. The molecular weight excluding hydrogens is 234 g/mol. The number of fused-ring (bicyclic) bond motifs is 3. The first-order valence-electron chi connectivity index (χ1n) is 5.26. The highest BCUT2D eigenvalue weighted by Crippen LogP contribution is 2.29. The molecule has 0 amide bonds. The molecule has 0 aliphatic carbocycles. The second-order valence-electron chi connectivity index (χ2n) is 3.68. The van der Waals surface area contributed by atoms with E-state index in [-0.39, 0.29) is 5.82 Å². The number of rotatable bonds is 2. The Morgan fingerprint density at radius 1 is 1.00 bits per heavy atom. The van der Waals surface area contributed by atoms with E-state index in [1.807, 2.05) is 0 Å². The Balaban J connectivity index is 2.42. The minimum absolute atomic E-state index is 0.344. The van der Waals surface area contributed by atoms with E-state index in [1.165, 1.54) is 18.5 Å². The molecule has 3 aromatic rings. The summed E-state index contributed by atoms with van der Waals surface area (Å²) in [6, 6.07) is 6.22. The topological polar surface area (TPSA) is 55.2 Å². The molecule has 0 fully saturated rings. The Hall–Kier alpha value is -2.21. The summed E-state index contributed by atoms with van der Waals surface area (Å²) in [7, 11) is 0.595. The van der Waals surface area contributed by atoms with Crippen molar-refractivity contribution in [3.8, 4) is 5.75 Å². The number of aromatic nitrogens is 2. The van der Waals surface area contributed by atoms with Gasteiger partial charge < -0.3 is 9.68 Å². The van der Waals surface area contributed by atoms with Gasteiger partial charge in [0.15, 0.2) is 0 Å². The van der Waals surface area contributed by atoms with Gasteiger partial charge in [0.05, 0.1) is 5.52 Å². The van der Waals surface area contributed by atoms with Crippen molar-refractivity contribution in [3.63, 3.8) is 0 Å². The third-order valence-electron chi connectivity index (χ3n) is 2.71. The number of pyridine rings is 2. The molecule has 0 saturated carbocycles. The zero-order valence-corrected chi connectivity index (χ0v) is 9.17. The molecule has 0 saturated heterocycles. The van der Waals surface area contributed by atoms with Crippen LogP contribution < -0.4 is 4.65 Å². The summed E-state index contributed by atoms with van der Waals surface area (Å²) in [4.78, 5) is 8.33. The molecule has 87 valence electrons. The highest BCUT2D eigenvalue weighted by Gasteiger charge is 2.10. The monoisotopic (exact) mass is 241 g/mol. The van der Waals surface area contributed by atoms with E-state index >= 15 is 0 Å². The van der Waals surface area contributed by atoms with Gasteiger partial charge >= 0.3 is 7.69 Å². The van der Waals surface area contributed by atoms with Crippen LogP contribution in [0.4, 0.5) is 4.39 Å². The fraction of sp³-hybridized carbons (Fsp3) is 0. The molecular formula is C12H7BFN2O2. The van der Waals surface area contributed by atoms with Gasteiger partial charge in [-0.3, -0.25) is 9.97 Å². The van der Waals surface area contributed by atoms with Gasteiger partial charge in [-0.15, -0.1) is 0 Å². The molecule has 0 bridgehead atoms. The van der Waals surface area contributed by atoms with Crippen LogP contribution in [0.3, 0.4) is 0 Å². The SMILES string of the molecule is O[B]Oc1ccnc2c1ccc1c(F)ccnc12. The molecule has 1 N–H and O–H groups in total. The van der Waals surface area contributed by atoms with Crippen LogP contribution in [0.15, 0.2) is 36.7 Å². The molecule has 0 spiro atoms. The molecule has 0 unspecified atom stereocenters. The first-order valence-corrected chi connectivity index (χ1v) is 5.26. The Morgan fingerprint density at radius 2 is 1.67 bits per heavy atom. The lowest BCUT2D eigenvalue weighted by Gasteiger charge is -2.07. The van der Waals surface area contributed by atoms with E-state index in [4.69, 9.17) is 9.68 Å². The van der Waals surface area contributed by atoms with E-state index in [0.717, 1.165) is 0 Å². The number of hydrogen-bond donors (Lipinski definition) is 1. The maximum Gasteiger partial charge on any atom is 0.569 e. The van der Waals surface area contributed by atoms with Crippen molar-refractivity contribution in [2.45, 2.75) is 0 Å². The van der Waals surface area contributed by atoms with Gasteiger partial charge in [-0.05, 0) is 24.3 Å². The molecule has 4 nitrogen and oxygen atoms in total. The zero-order valence-electron chi connectivity index (χ0n) is 9.17. The van der Waals surface area contributed by atoms with E-state index < -0.39 is 0 Å². The van der Waals surface area contributed by atoms with Crippen LogP contribution in [0.2, 0.25) is 0 Å². The van der Waals surface area contributed by atoms with Crippen LogP contribution in [0.25, 0.3) is 21.8 Å². The Labute approximate surface area is 102 Å². The molecule has 0 aliphatic heterocycles. The maximum atomic E-state index is 13.6. The normalized spacial score (nSPS) is 10.8. The third kappa shape index (κ3) is 1.58. The molecule has 0 atom stereocenters. The molecule has 6 heteroatoms. The van der Waals surface area contributed by atoms with Gasteiger partial charge in [-0.1, -0.05) is 0 Å². The van der Waals surface area contributed by atoms with Gasteiger partial charge in [-0.2, -0.15) is 0 Å². The van der Waals surface area contributed by atoms with Crippen molar-refractivity contribution in [1.82, 2.24) is 9.97 Å². The fourth-order valence-electron chi connectivity index (χ4n) is 1.93. The summed E-state index contributed by atoms with van der Waals surface area (Å²) >= 11 is 0. The fourth-order valence-corrected chi connectivity index (χ4v) is 1.93. The summed E-state index contributed by atoms with van der Waals surface area (Å²) in [6.45, 7) is 0. The first-order chi connectivity index (χ1) is 8.81. The molecule has 1 aromatic carbocycles. The third-order valence-corrected chi connectivity index (χ3v) is 2.71. The minimum atomic E-state index is -0.344. The summed E-state index contributed by atoms with van der Waals surface area (Å²) in [5.41, 5.74) is 1.00. The highest BCUT2D eigenvalue weighted by atomic mass is 19.1. The lowest BCUT2D eigenvalue weighted by molar-refractivity contribution is 0.456. The van der Waals surface area contributed by atoms with Crippen molar-refractivity contribution in [2.24, 2.45) is 0 Å². The lowest BCUT2D eigenvalue weighted by atomic mass is 10.1. The summed E-state index contributed by atoms with van der Waals surface area (Å²) in [5.74, 6) is 0.0965. The van der Waals surface area contributed by atoms with Crippen molar-refractivity contribution in [1.29, 1.82) is 0 Å². The van der Waals surface area contributed by atoms with Gasteiger partial charge in [0.25, 0.3) is 0 Å². The van der Waals surface area contributed by atoms with E-state index in [9.17, 15) is 4.39 Å². The Bertz CT molecular complexity index is 736. The molecule has 2 aromatic heterocycles. The summed E-state index contributed by atoms with van der Waals surface area (Å²) < 4.78 is 18.6. The van der Waals surface area contributed by atoms with Crippen molar-refractivity contribution in [2.75, 3.05) is 0 Å². The van der Waals surface area contributed by atoms with Crippen LogP contribution in [0, 0.1) is 5.82 Å². The molecule has 3 rings (SSSR count). The second-order valence-corrected chi connectivity index (χ2v) is 3.68. The molecule has 18 heavy (non-hydrogen) atoms. The van der Waals surface area contributed by atoms with Crippen molar-refractivity contribution >= 4 is 29.5 Å². The van der Waals surface area contributed by atoms with Crippen molar-refractivity contribution in [3.05, 3.63) is 42.5 Å². The van der Waals surface area contributed by atoms with Gasteiger partial charge in [0, 0.05) is 23.2 Å². The maximum absolute atomic E-state index is 13.6. The number of hydrogen-bond acceptors (Lipinski definition) is 4. The van der Waals surface area contributed by atoms with Crippen LogP contribution >= 0.6 is 0 Å². The highest BCUT2D eigenvalue weighted by molar-refractivity contribution is 6.18. The number of benzene rings is 1. The van der Waals surface area contributed by atoms with Crippen LogP contribution in [0.1, 0.15) is 0 Å². The van der Waals surface area contributed by atoms with Crippen LogP contribution in [-0.4, -0.2) is 22.7 Å². The van der Waals surface area contributed by atoms with Gasteiger partial charge in [0.1, 0.15) is 17.1 Å². The summed E-state index contributed by atoms with van der Waals surface area (Å²) in [5, 5.41) is 9.76. The molecule has 0 aliphatic rings. The number of halogens is 1. The molecule has 2 heterocycles. The van der Waals surface area contributed by atoms with Gasteiger partial charge in [-0.25, -0.2) is 4.39 Å². The lowest BCUT2D eigenvalue weighted by Crippen LogP contribution is -2.01. The van der Waals surface area contributed by atoms with E-state index in [2.05, 4.69) is 9.97 Å². The first kappa shape index (κ1) is 10.9. The minimum Gasteiger partial charge on any atom is -0.537 e. The molecule has 1 radical (unpaired) electrons. The Kier molecular flexibility index (Phi) is 2.57. The zero-order chi connectivity index (χ0) is 12.5. The van der Waals surface area contributed by atoms with Crippen LogP contribution in [-0.2, 0) is 0 Å². The quantitative estimate of drug-likeness (QED) is 0.549. The average molecular weight is 241 g/mol. The van der Waals surface area contributed by atoms with E-state index in [0.29, 0.717) is 35.2 Å². The smallest absolute Gasteiger partial charge is 0.537 e. The predicted octanol–water partition coefficient (Wildman–Crippen LogP) is 1.83. The summed E-state index contributed by atoms with van der Waals surface area (Å²) in [6.07, 6.45) is 2.91.